The second kappa shape index (κ2) is 6.22. The second-order valence-corrected chi connectivity index (χ2v) is 1.37. The minimum absolute atomic E-state index is 1.88. The zero-order valence-corrected chi connectivity index (χ0v) is 5.39. The summed E-state index contributed by atoms with van der Waals surface area (Å²) in [6.07, 6.45) is 12.6. The van der Waals surface area contributed by atoms with Gasteiger partial charge in [0.2, 0.25) is 0 Å². The van der Waals surface area contributed by atoms with Crippen molar-refractivity contribution in [2.75, 3.05) is 0 Å². The van der Waals surface area contributed by atoms with Crippen LogP contribution in [0.15, 0.2) is 30.4 Å². The predicted molar refractivity (Wildman–Crippen MR) is 37.4 cm³/mol. The molecule has 0 atom stereocenters. The van der Waals surface area contributed by atoms with Crippen LogP contribution in [0.2, 0.25) is 0 Å². The van der Waals surface area contributed by atoms with Crippen LogP contribution in [0.4, 0.5) is 0 Å². The van der Waals surface area contributed by atoms with Gasteiger partial charge in [0.1, 0.15) is 0 Å². The fourth-order valence-corrected chi connectivity index (χ4v) is 0.327. The van der Waals surface area contributed by atoms with Gasteiger partial charge in [-0.25, -0.2) is 0 Å². The minimum atomic E-state index is 1.88. The summed E-state index contributed by atoms with van der Waals surface area (Å²) in [5.41, 5.74) is 0. The minimum Gasteiger partial charge on any atom is -0.0877 e. The summed E-state index contributed by atoms with van der Waals surface area (Å²) in [4.78, 5) is 0. The molecule has 0 aliphatic carbocycles. The van der Waals surface area contributed by atoms with E-state index in [0.717, 1.165) is 0 Å². The van der Waals surface area contributed by atoms with E-state index in [1.807, 2.05) is 44.2 Å². The van der Waals surface area contributed by atoms with Crippen LogP contribution in [0.1, 0.15) is 13.8 Å². The molecule has 0 fully saturated rings. The summed E-state index contributed by atoms with van der Waals surface area (Å²) in [6, 6.07) is 0. The van der Waals surface area contributed by atoms with Gasteiger partial charge in [0, 0.05) is 0 Å². The molecular weight excluding hydrogens is 96.1 g/mol. The van der Waals surface area contributed by atoms with Crippen molar-refractivity contribution in [3.05, 3.63) is 36.5 Å². The SMILES string of the molecule is C\[C]=C/C=C/C=C/C. The van der Waals surface area contributed by atoms with Gasteiger partial charge in [-0.1, -0.05) is 30.4 Å². The normalized spacial score (nSPS) is 12.8. The molecule has 0 aromatic carbocycles. The van der Waals surface area contributed by atoms with Crippen molar-refractivity contribution in [3.63, 3.8) is 0 Å². The first-order valence-electron chi connectivity index (χ1n) is 2.70. The Morgan fingerprint density at radius 1 is 1.12 bits per heavy atom. The Bertz CT molecular complexity index is 91.2. The summed E-state index contributed by atoms with van der Waals surface area (Å²) < 4.78 is 0. The molecule has 0 saturated carbocycles. The third-order valence-electron chi connectivity index (χ3n) is 0.678. The summed E-state index contributed by atoms with van der Waals surface area (Å²) in [5.74, 6) is 0. The number of allylic oxidation sites excluding steroid dienone is 6. The van der Waals surface area contributed by atoms with E-state index in [0.29, 0.717) is 0 Å². The Kier molecular flexibility index (Phi) is 5.61. The molecule has 0 N–H and O–H groups in total. The van der Waals surface area contributed by atoms with Gasteiger partial charge in [-0.2, -0.15) is 0 Å². The maximum absolute atomic E-state index is 2.88. The van der Waals surface area contributed by atoms with E-state index < -0.39 is 0 Å². The van der Waals surface area contributed by atoms with Crippen molar-refractivity contribution in [1.29, 1.82) is 0 Å². The molecule has 0 aromatic heterocycles. The zero-order valence-electron chi connectivity index (χ0n) is 5.39. The third kappa shape index (κ3) is 5.22. The van der Waals surface area contributed by atoms with Crippen molar-refractivity contribution in [2.45, 2.75) is 13.8 Å². The highest BCUT2D eigenvalue weighted by atomic mass is 13.6. The Labute approximate surface area is 51.2 Å². The average Bonchev–Trinajstić information content (AvgIpc) is 1.81. The van der Waals surface area contributed by atoms with Crippen LogP contribution in [0.5, 0.6) is 0 Å². The van der Waals surface area contributed by atoms with E-state index in [4.69, 9.17) is 0 Å². The molecule has 0 aliphatic heterocycles. The Balaban J connectivity index is 3.35. The second-order valence-electron chi connectivity index (χ2n) is 1.37. The lowest BCUT2D eigenvalue weighted by Gasteiger charge is -1.67. The fourth-order valence-electron chi connectivity index (χ4n) is 0.327. The standard InChI is InChI=1S/C8H11/c1-3-5-7-8-6-4-2/h3,5-8H,1-2H3/b5-3+,6-4?,8-7+. The summed E-state index contributed by atoms with van der Waals surface area (Å²) in [6.45, 7) is 3.86. The lowest BCUT2D eigenvalue weighted by atomic mass is 10.4. The van der Waals surface area contributed by atoms with Crippen LogP contribution in [-0.2, 0) is 0 Å². The molecular formula is C8H11. The van der Waals surface area contributed by atoms with E-state index in [1.165, 1.54) is 0 Å². The highest BCUT2D eigenvalue weighted by molar-refractivity contribution is 5.08. The number of hydrogen-bond donors (Lipinski definition) is 0. The molecule has 43 valence electrons. The van der Waals surface area contributed by atoms with Gasteiger partial charge in [0.05, 0.1) is 0 Å². The summed E-state index contributed by atoms with van der Waals surface area (Å²) in [5, 5.41) is 0. The van der Waals surface area contributed by atoms with Crippen LogP contribution in [0.3, 0.4) is 0 Å². The Morgan fingerprint density at radius 2 is 1.88 bits per heavy atom. The van der Waals surface area contributed by atoms with Crippen molar-refractivity contribution in [3.8, 4) is 0 Å². The van der Waals surface area contributed by atoms with Crippen molar-refractivity contribution in [1.82, 2.24) is 0 Å². The first-order valence-corrected chi connectivity index (χ1v) is 2.70. The predicted octanol–water partition coefficient (Wildman–Crippen LogP) is 2.50. The van der Waals surface area contributed by atoms with E-state index in [2.05, 4.69) is 6.08 Å². The van der Waals surface area contributed by atoms with Crippen LogP contribution in [0.25, 0.3) is 0 Å². The van der Waals surface area contributed by atoms with Gasteiger partial charge in [-0.3, -0.25) is 0 Å². The average molecular weight is 107 g/mol. The molecule has 0 heterocycles. The third-order valence-corrected chi connectivity index (χ3v) is 0.678. The quantitative estimate of drug-likeness (QED) is 0.475. The first kappa shape index (κ1) is 7.22. The zero-order chi connectivity index (χ0) is 6.24. The first-order chi connectivity index (χ1) is 3.91. The fraction of sp³-hybridized carbons (Fsp3) is 0.250. The van der Waals surface area contributed by atoms with Crippen molar-refractivity contribution in [2.24, 2.45) is 0 Å². The molecule has 0 aromatic rings. The lowest BCUT2D eigenvalue weighted by Crippen LogP contribution is -1.46. The van der Waals surface area contributed by atoms with Gasteiger partial charge in [-0.15, -0.1) is 0 Å². The lowest BCUT2D eigenvalue weighted by molar-refractivity contribution is 1.64. The van der Waals surface area contributed by atoms with E-state index >= 15 is 0 Å². The molecule has 0 spiro atoms. The molecule has 0 aliphatic rings. The van der Waals surface area contributed by atoms with Gasteiger partial charge < -0.3 is 0 Å². The number of rotatable bonds is 2. The maximum atomic E-state index is 2.88. The highest BCUT2D eigenvalue weighted by Gasteiger charge is 1.55. The maximum Gasteiger partial charge on any atom is -0.0395 e. The van der Waals surface area contributed by atoms with Gasteiger partial charge in [0.15, 0.2) is 0 Å². The summed E-state index contributed by atoms with van der Waals surface area (Å²) in [7, 11) is 0. The summed E-state index contributed by atoms with van der Waals surface area (Å²) >= 11 is 0. The topological polar surface area (TPSA) is 0 Å². The molecule has 8 heavy (non-hydrogen) atoms. The largest absolute Gasteiger partial charge is 0.0877 e. The molecule has 0 heteroatoms. The van der Waals surface area contributed by atoms with Gasteiger partial charge in [-0.05, 0) is 19.9 Å². The van der Waals surface area contributed by atoms with Crippen LogP contribution in [0, 0.1) is 6.08 Å². The molecule has 0 nitrogen and oxygen atoms in total. The molecule has 0 amide bonds. The molecule has 0 unspecified atom stereocenters. The van der Waals surface area contributed by atoms with E-state index in [-0.39, 0.29) is 0 Å². The van der Waals surface area contributed by atoms with Crippen LogP contribution < -0.4 is 0 Å². The van der Waals surface area contributed by atoms with Crippen LogP contribution in [-0.4, -0.2) is 0 Å². The van der Waals surface area contributed by atoms with E-state index in [1.54, 1.807) is 0 Å². The van der Waals surface area contributed by atoms with Gasteiger partial charge >= 0.3 is 0 Å². The monoisotopic (exact) mass is 107 g/mol. The Morgan fingerprint density at radius 3 is 2.38 bits per heavy atom. The highest BCUT2D eigenvalue weighted by Crippen LogP contribution is 1.76. The van der Waals surface area contributed by atoms with E-state index in [9.17, 15) is 0 Å². The molecule has 0 bridgehead atoms. The molecule has 1 radical (unpaired) electrons. The smallest absolute Gasteiger partial charge is 0.0395 e. The van der Waals surface area contributed by atoms with Gasteiger partial charge in [0.25, 0.3) is 0 Å². The number of hydrogen-bond acceptors (Lipinski definition) is 0. The van der Waals surface area contributed by atoms with Crippen molar-refractivity contribution < 1.29 is 0 Å². The molecule has 0 rings (SSSR count). The molecule has 0 saturated heterocycles. The van der Waals surface area contributed by atoms with Crippen LogP contribution >= 0.6 is 0 Å². The Hall–Kier alpha value is -0.780. The van der Waals surface area contributed by atoms with Crippen molar-refractivity contribution >= 4 is 0 Å².